The van der Waals surface area contributed by atoms with Crippen LogP contribution in [0.3, 0.4) is 0 Å². The van der Waals surface area contributed by atoms with Crippen LogP contribution in [0.15, 0.2) is 47.1 Å². The first-order valence-electron chi connectivity index (χ1n) is 7.20. The van der Waals surface area contributed by atoms with E-state index in [1.54, 1.807) is 29.4 Å². The van der Waals surface area contributed by atoms with E-state index in [2.05, 4.69) is 10.6 Å². The van der Waals surface area contributed by atoms with Gasteiger partial charge in [-0.1, -0.05) is 0 Å². The highest BCUT2D eigenvalue weighted by Gasteiger charge is 2.20. The lowest BCUT2D eigenvalue weighted by Gasteiger charge is -2.14. The molecule has 0 aliphatic carbocycles. The Hall–Kier alpha value is -2.76. The summed E-state index contributed by atoms with van der Waals surface area (Å²) in [4.78, 5) is 25.1. The van der Waals surface area contributed by atoms with Crippen LogP contribution in [0.4, 0.5) is 16.2 Å². The first kappa shape index (κ1) is 14.2. The predicted octanol–water partition coefficient (Wildman–Crippen LogP) is 2.38. The van der Waals surface area contributed by atoms with Crippen molar-refractivity contribution in [1.82, 2.24) is 5.32 Å². The molecule has 0 saturated carbocycles. The molecule has 3 rings (SSSR count). The number of nitrogens with zero attached hydrogens (tertiary/aromatic N) is 1. The Morgan fingerprint density at radius 3 is 2.73 bits per heavy atom. The van der Waals surface area contributed by atoms with Crippen LogP contribution >= 0.6 is 0 Å². The summed E-state index contributed by atoms with van der Waals surface area (Å²) in [5.74, 6) is 0.730. The van der Waals surface area contributed by atoms with E-state index in [1.165, 1.54) is 0 Å². The van der Waals surface area contributed by atoms with Crippen LogP contribution in [0, 0.1) is 0 Å². The molecule has 1 aliphatic heterocycles. The summed E-state index contributed by atoms with van der Waals surface area (Å²) in [5.41, 5.74) is 1.54. The fourth-order valence-electron chi connectivity index (χ4n) is 2.36. The molecule has 2 heterocycles. The first-order valence-corrected chi connectivity index (χ1v) is 7.20. The summed E-state index contributed by atoms with van der Waals surface area (Å²) in [6.07, 6.45) is 2.54. The number of carbonyl (C=O) groups is 2. The van der Waals surface area contributed by atoms with E-state index in [9.17, 15) is 9.59 Å². The molecule has 6 nitrogen and oxygen atoms in total. The third kappa shape index (κ3) is 3.28. The Morgan fingerprint density at radius 1 is 1.27 bits per heavy atom. The highest BCUT2D eigenvalue weighted by atomic mass is 16.3. The average molecular weight is 299 g/mol. The molecular weight excluding hydrogens is 282 g/mol. The lowest BCUT2D eigenvalue weighted by molar-refractivity contribution is -0.116. The van der Waals surface area contributed by atoms with Crippen LogP contribution in [-0.2, 0) is 11.2 Å². The van der Waals surface area contributed by atoms with Gasteiger partial charge in [0, 0.05) is 37.3 Å². The Balaban J connectivity index is 1.54. The quantitative estimate of drug-likeness (QED) is 0.890. The molecule has 2 N–H and O–H groups in total. The Labute approximate surface area is 128 Å². The first-order chi connectivity index (χ1) is 10.7. The van der Waals surface area contributed by atoms with Gasteiger partial charge in [-0.15, -0.1) is 0 Å². The van der Waals surface area contributed by atoms with Crippen LogP contribution in [0.25, 0.3) is 0 Å². The number of urea groups is 1. The molecule has 2 aromatic rings. The van der Waals surface area contributed by atoms with Gasteiger partial charge in [-0.25, -0.2) is 4.79 Å². The molecule has 1 saturated heterocycles. The summed E-state index contributed by atoms with van der Waals surface area (Å²) in [6, 6.07) is 10.8. The number of benzene rings is 1. The number of hydrogen-bond donors (Lipinski definition) is 2. The fourth-order valence-corrected chi connectivity index (χ4v) is 2.36. The fraction of sp³-hybridized carbons (Fsp3) is 0.250. The van der Waals surface area contributed by atoms with Crippen LogP contribution in [0.1, 0.15) is 12.2 Å². The van der Waals surface area contributed by atoms with E-state index in [4.69, 9.17) is 4.42 Å². The van der Waals surface area contributed by atoms with Crippen molar-refractivity contribution in [1.29, 1.82) is 0 Å². The molecule has 0 radical (unpaired) electrons. The normalized spacial score (nSPS) is 14.0. The van der Waals surface area contributed by atoms with Gasteiger partial charge < -0.3 is 15.1 Å². The number of furan rings is 1. The predicted molar refractivity (Wildman–Crippen MR) is 82.8 cm³/mol. The molecule has 1 aliphatic rings. The number of anilines is 2. The molecule has 0 unspecified atom stereocenters. The van der Waals surface area contributed by atoms with Crippen LogP contribution in [0.5, 0.6) is 0 Å². The number of hydrogen-bond acceptors (Lipinski definition) is 3. The Bertz CT molecular complexity index is 650. The summed E-state index contributed by atoms with van der Waals surface area (Å²) in [7, 11) is 0. The van der Waals surface area contributed by atoms with E-state index < -0.39 is 0 Å². The van der Waals surface area contributed by atoms with Crippen LogP contribution in [0.2, 0.25) is 0 Å². The molecular formula is C16H17N3O3. The maximum absolute atomic E-state index is 11.9. The number of nitrogens with one attached hydrogen (secondary N) is 2. The van der Waals surface area contributed by atoms with Crippen LogP contribution in [-0.4, -0.2) is 25.0 Å². The molecule has 0 atom stereocenters. The minimum absolute atomic E-state index is 0.0666. The zero-order chi connectivity index (χ0) is 15.4. The van der Waals surface area contributed by atoms with E-state index in [0.29, 0.717) is 31.6 Å². The minimum Gasteiger partial charge on any atom is -0.469 e. The Kier molecular flexibility index (Phi) is 4.09. The average Bonchev–Trinajstić information content (AvgIpc) is 3.17. The maximum atomic E-state index is 11.9. The molecule has 1 aromatic carbocycles. The molecule has 1 fully saturated rings. The lowest BCUT2D eigenvalue weighted by atomic mass is 10.2. The van der Waals surface area contributed by atoms with Gasteiger partial charge in [0.05, 0.1) is 6.26 Å². The number of rotatable bonds is 5. The second kappa shape index (κ2) is 6.34. The van der Waals surface area contributed by atoms with Crippen LogP contribution < -0.4 is 15.5 Å². The molecule has 3 amide bonds. The monoisotopic (exact) mass is 299 g/mol. The van der Waals surface area contributed by atoms with Crippen molar-refractivity contribution in [2.24, 2.45) is 0 Å². The largest absolute Gasteiger partial charge is 0.469 e. The second-order valence-corrected chi connectivity index (χ2v) is 5.06. The number of amides is 3. The number of aryl methyl sites for hydroxylation is 1. The SMILES string of the molecule is O=C(CCc1ccco1)Nc1ccc(N2CCNC2=O)cc1. The molecule has 6 heteroatoms. The minimum atomic E-state index is -0.0877. The summed E-state index contributed by atoms with van der Waals surface area (Å²) in [6.45, 7) is 1.32. The van der Waals surface area contributed by atoms with Crippen molar-refractivity contribution in [2.75, 3.05) is 23.3 Å². The summed E-state index contributed by atoms with van der Waals surface area (Å²) in [5, 5.41) is 5.59. The van der Waals surface area contributed by atoms with Gasteiger partial charge in [-0.3, -0.25) is 9.69 Å². The zero-order valence-corrected chi connectivity index (χ0v) is 12.0. The molecule has 0 spiro atoms. The van der Waals surface area contributed by atoms with E-state index in [-0.39, 0.29) is 11.9 Å². The molecule has 1 aromatic heterocycles. The highest BCUT2D eigenvalue weighted by Crippen LogP contribution is 2.19. The van der Waals surface area contributed by atoms with E-state index in [0.717, 1.165) is 11.4 Å². The molecule has 22 heavy (non-hydrogen) atoms. The van der Waals surface area contributed by atoms with Crippen molar-refractivity contribution < 1.29 is 14.0 Å². The third-order valence-corrected chi connectivity index (χ3v) is 3.50. The Morgan fingerprint density at radius 2 is 2.09 bits per heavy atom. The van der Waals surface area contributed by atoms with E-state index in [1.807, 2.05) is 18.2 Å². The van der Waals surface area contributed by atoms with Gasteiger partial charge in [-0.2, -0.15) is 0 Å². The van der Waals surface area contributed by atoms with Crippen molar-refractivity contribution in [3.05, 3.63) is 48.4 Å². The molecule has 0 bridgehead atoms. The summed E-state index contributed by atoms with van der Waals surface area (Å²) < 4.78 is 5.19. The van der Waals surface area contributed by atoms with Gasteiger partial charge in [0.15, 0.2) is 0 Å². The van der Waals surface area contributed by atoms with Crippen molar-refractivity contribution in [2.45, 2.75) is 12.8 Å². The van der Waals surface area contributed by atoms with Crippen molar-refractivity contribution >= 4 is 23.3 Å². The maximum Gasteiger partial charge on any atom is 0.321 e. The van der Waals surface area contributed by atoms with Gasteiger partial charge in [0.2, 0.25) is 5.91 Å². The third-order valence-electron chi connectivity index (χ3n) is 3.50. The zero-order valence-electron chi connectivity index (χ0n) is 12.0. The smallest absolute Gasteiger partial charge is 0.321 e. The van der Waals surface area contributed by atoms with Gasteiger partial charge in [-0.05, 0) is 36.4 Å². The van der Waals surface area contributed by atoms with E-state index >= 15 is 0 Å². The van der Waals surface area contributed by atoms with Gasteiger partial charge in [0.25, 0.3) is 0 Å². The topological polar surface area (TPSA) is 74.6 Å². The second-order valence-electron chi connectivity index (χ2n) is 5.06. The van der Waals surface area contributed by atoms with Gasteiger partial charge in [0.1, 0.15) is 5.76 Å². The van der Waals surface area contributed by atoms with Crippen molar-refractivity contribution in [3.8, 4) is 0 Å². The number of carbonyl (C=O) groups excluding carboxylic acids is 2. The highest BCUT2D eigenvalue weighted by molar-refractivity contribution is 5.95. The van der Waals surface area contributed by atoms with Gasteiger partial charge >= 0.3 is 6.03 Å². The molecule has 114 valence electrons. The summed E-state index contributed by atoms with van der Waals surface area (Å²) >= 11 is 0. The lowest BCUT2D eigenvalue weighted by Crippen LogP contribution is -2.27. The van der Waals surface area contributed by atoms with Crippen molar-refractivity contribution in [3.63, 3.8) is 0 Å². The standard InChI is InChI=1S/C16H17N3O3/c20-15(8-7-14-2-1-11-22-14)18-12-3-5-13(6-4-12)19-10-9-17-16(19)21/h1-6,11H,7-10H2,(H,17,21)(H,18,20).